The molecule has 1 heterocycles. The molecule has 1 unspecified atom stereocenters. The van der Waals surface area contributed by atoms with E-state index in [1.807, 2.05) is 19.9 Å². The van der Waals surface area contributed by atoms with Crippen LogP contribution >= 0.6 is 11.6 Å². The fourth-order valence-electron chi connectivity index (χ4n) is 3.12. The van der Waals surface area contributed by atoms with Gasteiger partial charge in [0, 0.05) is 25.1 Å². The monoisotopic (exact) mass is 353 g/mol. The van der Waals surface area contributed by atoms with Gasteiger partial charge >= 0.3 is 6.09 Å². The molecule has 5 nitrogen and oxygen atoms in total. The number of hydrogen-bond donors (Lipinski definition) is 0. The molecule has 0 aromatic heterocycles. The highest BCUT2D eigenvalue weighted by Crippen LogP contribution is 2.27. The first kappa shape index (κ1) is 18.6. The Hall–Kier alpha value is -1.75. The van der Waals surface area contributed by atoms with Crippen molar-refractivity contribution in [1.29, 1.82) is 0 Å². The SMILES string of the molecule is COc1cc(C(=O)CC2CCCN(C(=O)OCCl)C2)cc(C)c1C. The summed E-state index contributed by atoms with van der Waals surface area (Å²) in [6, 6.07) is 3.55. The maximum atomic E-state index is 12.6. The fraction of sp³-hybridized carbons (Fsp3) is 0.556. The predicted molar refractivity (Wildman–Crippen MR) is 92.9 cm³/mol. The Morgan fingerprint density at radius 1 is 1.33 bits per heavy atom. The van der Waals surface area contributed by atoms with E-state index in [-0.39, 0.29) is 17.8 Å². The average molecular weight is 354 g/mol. The average Bonchev–Trinajstić information content (AvgIpc) is 2.57. The predicted octanol–water partition coefficient (Wildman–Crippen LogP) is 3.93. The highest BCUT2D eigenvalue weighted by Gasteiger charge is 2.26. The first-order valence-corrected chi connectivity index (χ1v) is 8.65. The summed E-state index contributed by atoms with van der Waals surface area (Å²) in [5, 5.41) is 0. The van der Waals surface area contributed by atoms with Crippen LogP contribution in [-0.2, 0) is 4.74 Å². The number of Topliss-reactive ketones (excluding diaryl/α,β-unsaturated/α-hetero) is 1. The summed E-state index contributed by atoms with van der Waals surface area (Å²) in [6.45, 7) is 5.13. The Kier molecular flexibility index (Phi) is 6.49. The molecule has 1 fully saturated rings. The van der Waals surface area contributed by atoms with Crippen LogP contribution < -0.4 is 4.74 Å². The number of benzene rings is 1. The minimum absolute atomic E-state index is 0.0777. The third-order valence-electron chi connectivity index (χ3n) is 4.59. The highest BCUT2D eigenvalue weighted by molar-refractivity contribution is 6.17. The maximum Gasteiger partial charge on any atom is 0.410 e. The summed E-state index contributed by atoms with van der Waals surface area (Å²) >= 11 is 5.44. The van der Waals surface area contributed by atoms with Gasteiger partial charge in [-0.1, -0.05) is 11.6 Å². The number of rotatable bonds is 5. The lowest BCUT2D eigenvalue weighted by Gasteiger charge is -2.31. The van der Waals surface area contributed by atoms with Gasteiger partial charge in [-0.25, -0.2) is 4.79 Å². The van der Waals surface area contributed by atoms with Gasteiger partial charge in [0.05, 0.1) is 7.11 Å². The van der Waals surface area contributed by atoms with Crippen LogP contribution in [-0.4, -0.2) is 43.0 Å². The van der Waals surface area contributed by atoms with Crippen LogP contribution in [0.1, 0.15) is 40.7 Å². The molecule has 0 bridgehead atoms. The van der Waals surface area contributed by atoms with Crippen molar-refractivity contribution in [3.63, 3.8) is 0 Å². The van der Waals surface area contributed by atoms with Gasteiger partial charge in [0.15, 0.2) is 11.8 Å². The number of hydrogen-bond acceptors (Lipinski definition) is 4. The zero-order chi connectivity index (χ0) is 17.7. The first-order valence-electron chi connectivity index (χ1n) is 8.12. The second-order valence-corrected chi connectivity index (χ2v) is 6.44. The largest absolute Gasteiger partial charge is 0.496 e. The van der Waals surface area contributed by atoms with E-state index in [9.17, 15) is 9.59 Å². The molecule has 0 N–H and O–H groups in total. The van der Waals surface area contributed by atoms with Crippen molar-refractivity contribution in [2.45, 2.75) is 33.1 Å². The molecule has 6 heteroatoms. The van der Waals surface area contributed by atoms with Crippen molar-refractivity contribution in [2.75, 3.05) is 26.3 Å². The van der Waals surface area contributed by atoms with Crippen LogP contribution in [0.2, 0.25) is 0 Å². The molecule has 1 aliphatic rings. The molecule has 1 amide bonds. The van der Waals surface area contributed by atoms with E-state index in [0.29, 0.717) is 25.1 Å². The van der Waals surface area contributed by atoms with E-state index in [4.69, 9.17) is 21.1 Å². The standard InChI is InChI=1S/C18H24ClNO4/c1-12-7-15(9-17(23-3)13(12)2)16(21)8-14-5-4-6-20(10-14)18(22)24-11-19/h7,9,14H,4-6,8,10-11H2,1-3H3. The van der Waals surface area contributed by atoms with Crippen molar-refractivity contribution >= 4 is 23.5 Å². The Bertz CT molecular complexity index is 617. The summed E-state index contributed by atoms with van der Waals surface area (Å²) in [7, 11) is 1.61. The molecule has 0 radical (unpaired) electrons. The number of alkyl halides is 1. The molecule has 132 valence electrons. The number of halogens is 1. The third kappa shape index (κ3) is 4.41. The van der Waals surface area contributed by atoms with E-state index in [0.717, 1.165) is 29.7 Å². The van der Waals surface area contributed by atoms with E-state index in [1.54, 1.807) is 18.1 Å². The van der Waals surface area contributed by atoms with E-state index >= 15 is 0 Å². The van der Waals surface area contributed by atoms with Crippen molar-refractivity contribution < 1.29 is 19.1 Å². The first-order chi connectivity index (χ1) is 11.5. The van der Waals surface area contributed by atoms with Gasteiger partial charge in [0.2, 0.25) is 0 Å². The van der Waals surface area contributed by atoms with Gasteiger partial charge in [0.1, 0.15) is 5.75 Å². The van der Waals surface area contributed by atoms with Gasteiger partial charge in [-0.2, -0.15) is 0 Å². The Labute approximate surface area is 147 Å². The molecule has 24 heavy (non-hydrogen) atoms. The van der Waals surface area contributed by atoms with Gasteiger partial charge in [-0.05, 0) is 55.9 Å². The zero-order valence-electron chi connectivity index (χ0n) is 14.4. The minimum Gasteiger partial charge on any atom is -0.496 e. The third-order valence-corrected chi connectivity index (χ3v) is 4.70. The number of aryl methyl sites for hydroxylation is 1. The van der Waals surface area contributed by atoms with Gasteiger partial charge in [-0.15, -0.1) is 0 Å². The normalized spacial score (nSPS) is 17.5. The van der Waals surface area contributed by atoms with E-state index < -0.39 is 6.09 Å². The number of amides is 1. The maximum absolute atomic E-state index is 12.6. The van der Waals surface area contributed by atoms with Gasteiger partial charge in [-0.3, -0.25) is 4.79 Å². The second-order valence-electron chi connectivity index (χ2n) is 6.22. The molecule has 0 spiro atoms. The Balaban J connectivity index is 2.04. The zero-order valence-corrected chi connectivity index (χ0v) is 15.2. The molecule has 0 aliphatic carbocycles. The fourth-order valence-corrected chi connectivity index (χ4v) is 3.21. The summed E-state index contributed by atoms with van der Waals surface area (Å²) in [5.41, 5.74) is 2.74. The molecular weight excluding hydrogens is 330 g/mol. The molecule has 2 rings (SSSR count). The van der Waals surface area contributed by atoms with Gasteiger partial charge < -0.3 is 14.4 Å². The van der Waals surface area contributed by atoms with Crippen molar-refractivity contribution in [2.24, 2.45) is 5.92 Å². The lowest BCUT2D eigenvalue weighted by Crippen LogP contribution is -2.40. The lowest BCUT2D eigenvalue weighted by molar-refractivity contribution is 0.0838. The highest BCUT2D eigenvalue weighted by atomic mass is 35.5. The number of ketones is 1. The number of piperidine rings is 1. The molecule has 1 aromatic rings. The van der Waals surface area contributed by atoms with Crippen LogP contribution in [0.15, 0.2) is 12.1 Å². The van der Waals surface area contributed by atoms with Crippen molar-refractivity contribution in [1.82, 2.24) is 4.90 Å². The van der Waals surface area contributed by atoms with E-state index in [1.165, 1.54) is 0 Å². The van der Waals surface area contributed by atoms with Crippen LogP contribution in [0.5, 0.6) is 5.75 Å². The summed E-state index contributed by atoms with van der Waals surface area (Å²) < 4.78 is 10.2. The number of nitrogens with zero attached hydrogens (tertiary/aromatic N) is 1. The Morgan fingerprint density at radius 2 is 2.08 bits per heavy atom. The van der Waals surface area contributed by atoms with Crippen LogP contribution in [0.25, 0.3) is 0 Å². The number of carbonyl (C=O) groups excluding carboxylic acids is 2. The minimum atomic E-state index is -0.407. The summed E-state index contributed by atoms with van der Waals surface area (Å²) in [6.07, 6.45) is 1.80. The molecule has 1 saturated heterocycles. The number of carbonyl (C=O) groups is 2. The second kappa shape index (κ2) is 8.38. The van der Waals surface area contributed by atoms with Gasteiger partial charge in [0.25, 0.3) is 0 Å². The smallest absolute Gasteiger partial charge is 0.410 e. The van der Waals surface area contributed by atoms with Crippen LogP contribution in [0.3, 0.4) is 0 Å². The van der Waals surface area contributed by atoms with Crippen molar-refractivity contribution in [3.05, 3.63) is 28.8 Å². The summed E-state index contributed by atoms with van der Waals surface area (Å²) in [4.78, 5) is 26.0. The van der Waals surface area contributed by atoms with Crippen LogP contribution in [0, 0.1) is 19.8 Å². The molecular formula is C18H24ClNO4. The van der Waals surface area contributed by atoms with Crippen LogP contribution in [0.4, 0.5) is 4.79 Å². The quantitative estimate of drug-likeness (QED) is 0.594. The topological polar surface area (TPSA) is 55.8 Å². The van der Waals surface area contributed by atoms with E-state index in [2.05, 4.69) is 0 Å². The molecule has 0 saturated carbocycles. The molecule has 1 aliphatic heterocycles. The molecule has 1 atom stereocenters. The van der Waals surface area contributed by atoms with Crippen molar-refractivity contribution in [3.8, 4) is 5.75 Å². The number of likely N-dealkylation sites (tertiary alicyclic amines) is 1. The summed E-state index contributed by atoms with van der Waals surface area (Å²) in [5.74, 6) is 0.949. The number of methoxy groups -OCH3 is 1. The molecule has 1 aromatic carbocycles. The Morgan fingerprint density at radius 3 is 2.75 bits per heavy atom. The lowest BCUT2D eigenvalue weighted by atomic mass is 9.90. The number of ether oxygens (including phenoxy) is 2.